The molecule has 32 heavy (non-hydrogen) atoms. The molecule has 0 saturated carbocycles. The fourth-order valence-corrected chi connectivity index (χ4v) is 4.14. The van der Waals surface area contributed by atoms with Crippen molar-refractivity contribution in [3.8, 4) is 16.9 Å². The van der Waals surface area contributed by atoms with Gasteiger partial charge >= 0.3 is 5.97 Å². The molecule has 0 aliphatic heterocycles. The minimum atomic E-state index is -1.24. The Morgan fingerprint density at radius 2 is 1.84 bits per heavy atom. The molecule has 0 aliphatic rings. The average molecular weight is 432 g/mol. The lowest BCUT2D eigenvalue weighted by molar-refractivity contribution is 0.0690. The number of rotatable bonds is 4. The number of carbonyl (C=O) groups is 1. The molecule has 0 unspecified atom stereocenters. The van der Waals surface area contributed by atoms with Gasteiger partial charge in [0, 0.05) is 27.7 Å². The molecule has 0 saturated heterocycles. The van der Waals surface area contributed by atoms with Crippen molar-refractivity contribution in [3.63, 3.8) is 0 Å². The molecule has 0 amide bonds. The van der Waals surface area contributed by atoms with Crippen LogP contribution >= 0.6 is 0 Å². The van der Waals surface area contributed by atoms with Crippen molar-refractivity contribution in [2.75, 3.05) is 0 Å². The van der Waals surface area contributed by atoms with Gasteiger partial charge in [0.15, 0.2) is 0 Å². The van der Waals surface area contributed by atoms with Crippen LogP contribution in [0.5, 0.6) is 0 Å². The van der Waals surface area contributed by atoms with Crippen LogP contribution in [0, 0.1) is 11.6 Å². The molecule has 160 valence electrons. The van der Waals surface area contributed by atoms with E-state index in [4.69, 9.17) is 0 Å². The maximum Gasteiger partial charge on any atom is 0.354 e. The summed E-state index contributed by atoms with van der Waals surface area (Å²) >= 11 is 0. The normalized spacial score (nSPS) is 11.7. The van der Waals surface area contributed by atoms with Crippen LogP contribution in [0.15, 0.2) is 54.7 Å². The van der Waals surface area contributed by atoms with E-state index in [2.05, 4.69) is 15.2 Å². The van der Waals surface area contributed by atoms with Gasteiger partial charge in [-0.15, -0.1) is 0 Å². The molecule has 8 heteroatoms. The molecule has 0 atom stereocenters. The van der Waals surface area contributed by atoms with Gasteiger partial charge in [0.05, 0.1) is 17.2 Å². The molecule has 5 rings (SSSR count). The second-order valence-electron chi connectivity index (χ2n) is 7.89. The number of carboxylic acid groups (broad SMARTS) is 1. The SMILES string of the molecule is CC(C)c1c(-c2nc(C(=O)O)ccc2F)c2cc3[nH]ncc3cc2n1-c1ccc(F)cc1. The number of benzene rings is 2. The standard InChI is InChI=1S/C24H18F2N4O2/c1-12(2)23-21(22-17(26)7-8-18(28-22)24(31)32)16-10-19-13(11-27-29-19)9-20(16)30(23)15-5-3-14(25)4-6-15/h3-12H,1-2H3,(H,27,29)(H,31,32). The summed E-state index contributed by atoms with van der Waals surface area (Å²) < 4.78 is 30.7. The van der Waals surface area contributed by atoms with E-state index in [1.54, 1.807) is 18.3 Å². The monoisotopic (exact) mass is 432 g/mol. The Morgan fingerprint density at radius 1 is 1.09 bits per heavy atom. The summed E-state index contributed by atoms with van der Waals surface area (Å²) in [5.74, 6) is -2.32. The number of hydrogen-bond acceptors (Lipinski definition) is 3. The Morgan fingerprint density at radius 3 is 2.53 bits per heavy atom. The number of aromatic nitrogens is 4. The van der Waals surface area contributed by atoms with Gasteiger partial charge < -0.3 is 9.67 Å². The van der Waals surface area contributed by atoms with Crippen molar-refractivity contribution in [1.82, 2.24) is 19.7 Å². The Kier molecular flexibility index (Phi) is 4.51. The molecule has 0 aliphatic carbocycles. The van der Waals surface area contributed by atoms with E-state index >= 15 is 4.39 Å². The fraction of sp³-hybridized carbons (Fsp3) is 0.125. The molecule has 2 N–H and O–H groups in total. The average Bonchev–Trinajstić information content (AvgIpc) is 3.34. The Hall–Kier alpha value is -4.07. The third-order valence-electron chi connectivity index (χ3n) is 5.50. The number of aromatic carboxylic acids is 1. The van der Waals surface area contributed by atoms with E-state index in [9.17, 15) is 14.3 Å². The summed E-state index contributed by atoms with van der Waals surface area (Å²) in [6.07, 6.45) is 1.69. The number of hydrogen-bond donors (Lipinski definition) is 2. The van der Waals surface area contributed by atoms with Crippen LogP contribution in [0.3, 0.4) is 0 Å². The molecular formula is C24H18F2N4O2. The van der Waals surface area contributed by atoms with E-state index in [1.165, 1.54) is 12.1 Å². The maximum absolute atomic E-state index is 15.1. The molecule has 3 aromatic heterocycles. The van der Waals surface area contributed by atoms with Crippen molar-refractivity contribution < 1.29 is 18.7 Å². The van der Waals surface area contributed by atoms with Gasteiger partial charge in [-0.2, -0.15) is 5.10 Å². The third kappa shape index (κ3) is 3.03. The fourth-order valence-electron chi connectivity index (χ4n) is 4.14. The Bertz CT molecular complexity index is 1500. The molecule has 3 heterocycles. The lowest BCUT2D eigenvalue weighted by atomic mass is 9.99. The molecule has 0 fully saturated rings. The van der Waals surface area contributed by atoms with Crippen molar-refractivity contribution in [2.45, 2.75) is 19.8 Å². The maximum atomic E-state index is 15.1. The van der Waals surface area contributed by atoms with Crippen LogP contribution in [-0.4, -0.2) is 30.8 Å². The highest BCUT2D eigenvalue weighted by Crippen LogP contribution is 2.42. The minimum Gasteiger partial charge on any atom is -0.477 e. The van der Waals surface area contributed by atoms with Gasteiger partial charge in [0.2, 0.25) is 0 Å². The highest BCUT2D eigenvalue weighted by molar-refractivity contribution is 6.05. The number of fused-ring (bicyclic) bond motifs is 2. The van der Waals surface area contributed by atoms with Gasteiger partial charge in [-0.25, -0.2) is 18.6 Å². The highest BCUT2D eigenvalue weighted by Gasteiger charge is 2.26. The number of halogens is 2. The molecule has 0 bridgehead atoms. The zero-order valence-electron chi connectivity index (χ0n) is 17.2. The van der Waals surface area contributed by atoms with Crippen LogP contribution in [0.4, 0.5) is 8.78 Å². The lowest BCUT2D eigenvalue weighted by Crippen LogP contribution is -2.06. The Balaban J connectivity index is 1.97. The predicted molar refractivity (Wildman–Crippen MR) is 117 cm³/mol. The van der Waals surface area contributed by atoms with Gasteiger partial charge in [0.25, 0.3) is 0 Å². The minimum absolute atomic E-state index is 0.0432. The van der Waals surface area contributed by atoms with Crippen molar-refractivity contribution in [2.24, 2.45) is 0 Å². The van der Waals surface area contributed by atoms with E-state index in [1.807, 2.05) is 30.5 Å². The number of carboxylic acids is 1. The number of pyridine rings is 1. The van der Waals surface area contributed by atoms with Gasteiger partial charge in [-0.3, -0.25) is 5.10 Å². The smallest absolute Gasteiger partial charge is 0.354 e. The summed E-state index contributed by atoms with van der Waals surface area (Å²) in [5, 5.41) is 18.0. The van der Waals surface area contributed by atoms with E-state index < -0.39 is 11.8 Å². The zero-order chi connectivity index (χ0) is 22.6. The van der Waals surface area contributed by atoms with E-state index in [-0.39, 0.29) is 23.1 Å². The quantitative estimate of drug-likeness (QED) is 0.383. The first kappa shape index (κ1) is 19.9. The van der Waals surface area contributed by atoms with Crippen molar-refractivity contribution in [3.05, 3.63) is 77.8 Å². The molecule has 5 aromatic rings. The van der Waals surface area contributed by atoms with E-state index in [0.29, 0.717) is 16.6 Å². The molecule has 2 aromatic carbocycles. The topological polar surface area (TPSA) is 83.8 Å². The summed E-state index contributed by atoms with van der Waals surface area (Å²) in [6.45, 7) is 3.92. The molecule has 6 nitrogen and oxygen atoms in total. The first-order valence-corrected chi connectivity index (χ1v) is 10.0. The second-order valence-corrected chi connectivity index (χ2v) is 7.89. The largest absolute Gasteiger partial charge is 0.477 e. The van der Waals surface area contributed by atoms with Crippen LogP contribution in [0.25, 0.3) is 38.8 Å². The summed E-state index contributed by atoms with van der Waals surface area (Å²) in [4.78, 5) is 15.7. The first-order chi connectivity index (χ1) is 15.3. The first-order valence-electron chi connectivity index (χ1n) is 10.0. The highest BCUT2D eigenvalue weighted by atomic mass is 19.1. The number of nitrogens with one attached hydrogen (secondary N) is 1. The van der Waals surface area contributed by atoms with Gasteiger partial charge in [-0.05, 0) is 54.4 Å². The van der Waals surface area contributed by atoms with Crippen LogP contribution in [-0.2, 0) is 0 Å². The number of nitrogens with zero attached hydrogens (tertiary/aromatic N) is 3. The predicted octanol–water partition coefficient (Wildman–Crippen LogP) is 5.67. The lowest BCUT2D eigenvalue weighted by Gasteiger charge is -2.16. The molecule has 0 spiro atoms. The molecule has 0 radical (unpaired) electrons. The number of aromatic amines is 1. The summed E-state index contributed by atoms with van der Waals surface area (Å²) in [5.41, 5.74) is 3.15. The van der Waals surface area contributed by atoms with Crippen LogP contribution in [0.2, 0.25) is 0 Å². The van der Waals surface area contributed by atoms with Gasteiger partial charge in [-0.1, -0.05) is 13.8 Å². The van der Waals surface area contributed by atoms with Gasteiger partial charge in [0.1, 0.15) is 23.0 Å². The molecular weight excluding hydrogens is 414 g/mol. The van der Waals surface area contributed by atoms with Crippen LogP contribution in [0.1, 0.15) is 35.9 Å². The van der Waals surface area contributed by atoms with Crippen molar-refractivity contribution in [1.29, 1.82) is 0 Å². The van der Waals surface area contributed by atoms with Crippen molar-refractivity contribution >= 4 is 27.8 Å². The number of H-pyrrole nitrogens is 1. The van der Waals surface area contributed by atoms with E-state index in [0.717, 1.165) is 34.2 Å². The Labute approximate surface area is 181 Å². The zero-order valence-corrected chi connectivity index (χ0v) is 17.2. The summed E-state index contributed by atoms with van der Waals surface area (Å²) in [6, 6.07) is 12.1. The third-order valence-corrected chi connectivity index (χ3v) is 5.50. The second kappa shape index (κ2) is 7.26. The summed E-state index contributed by atoms with van der Waals surface area (Å²) in [7, 11) is 0. The van der Waals surface area contributed by atoms with Crippen LogP contribution < -0.4 is 0 Å².